The average Bonchev–Trinajstić information content (AvgIpc) is 3.16. The Hall–Kier alpha value is -2.99. The van der Waals surface area contributed by atoms with Gasteiger partial charge >= 0.3 is 0 Å². The third-order valence-electron chi connectivity index (χ3n) is 4.33. The lowest BCUT2D eigenvalue weighted by Gasteiger charge is -2.20. The van der Waals surface area contributed by atoms with Crippen molar-refractivity contribution in [3.05, 3.63) is 76.8 Å². The fraction of sp³-hybridized carbons (Fsp3) is 0.227. The van der Waals surface area contributed by atoms with Crippen LogP contribution in [0.2, 0.25) is 0 Å². The maximum Gasteiger partial charge on any atom is 0.277 e. The van der Waals surface area contributed by atoms with E-state index < -0.39 is 0 Å². The van der Waals surface area contributed by atoms with Crippen LogP contribution in [0.3, 0.4) is 0 Å². The van der Waals surface area contributed by atoms with Crippen molar-refractivity contribution in [1.29, 1.82) is 0 Å². The van der Waals surface area contributed by atoms with Crippen molar-refractivity contribution in [3.63, 3.8) is 0 Å². The zero-order valence-corrected chi connectivity index (χ0v) is 16.8. The van der Waals surface area contributed by atoms with E-state index in [-0.39, 0.29) is 11.8 Å². The van der Waals surface area contributed by atoms with E-state index in [0.717, 1.165) is 16.8 Å². The first-order chi connectivity index (χ1) is 13.6. The van der Waals surface area contributed by atoms with Gasteiger partial charge in [0.1, 0.15) is 5.69 Å². The molecule has 0 saturated heterocycles. The number of aromatic nitrogens is 1. The highest BCUT2D eigenvalue weighted by Gasteiger charge is 2.19. The molecule has 0 aliphatic rings. The summed E-state index contributed by atoms with van der Waals surface area (Å²) in [5, 5.41) is 4.93. The Labute approximate surface area is 169 Å². The number of nitrogens with one attached hydrogen (secondary N) is 1. The largest absolute Gasteiger partial charge is 0.307 e. The van der Waals surface area contributed by atoms with Crippen LogP contribution >= 0.6 is 11.3 Å². The molecule has 28 heavy (non-hydrogen) atoms. The van der Waals surface area contributed by atoms with E-state index in [1.165, 1.54) is 11.3 Å². The summed E-state index contributed by atoms with van der Waals surface area (Å²) in [6.45, 7) is 4.46. The predicted molar refractivity (Wildman–Crippen MR) is 114 cm³/mol. The van der Waals surface area contributed by atoms with Gasteiger partial charge in [0.2, 0.25) is 5.91 Å². The van der Waals surface area contributed by atoms with E-state index in [9.17, 15) is 9.59 Å². The summed E-state index contributed by atoms with van der Waals surface area (Å²) in [7, 11) is 0. The summed E-state index contributed by atoms with van der Waals surface area (Å²) in [5.41, 5.74) is 3.39. The number of carbonyl (C=O) groups is 2. The average molecular weight is 394 g/mol. The number of anilines is 2. The molecule has 3 rings (SSSR count). The third-order valence-corrected chi connectivity index (χ3v) is 5.09. The number of hydrogen-bond acceptors (Lipinski definition) is 4. The first-order valence-electron chi connectivity index (χ1n) is 9.24. The van der Waals surface area contributed by atoms with Gasteiger partial charge < -0.3 is 10.2 Å². The summed E-state index contributed by atoms with van der Waals surface area (Å²) >= 11 is 1.26. The SMILES string of the molecule is CCN(C(=O)c1csc(NC(=O)CCc2ccccc2)n1)c1cccc(C)c1. The Balaban J connectivity index is 1.62. The summed E-state index contributed by atoms with van der Waals surface area (Å²) in [5.74, 6) is -0.280. The molecule has 0 atom stereocenters. The smallest absolute Gasteiger partial charge is 0.277 e. The van der Waals surface area contributed by atoms with Crippen molar-refractivity contribution in [2.75, 3.05) is 16.8 Å². The van der Waals surface area contributed by atoms with Crippen LogP contribution in [0.25, 0.3) is 0 Å². The lowest BCUT2D eigenvalue weighted by molar-refractivity contribution is -0.116. The van der Waals surface area contributed by atoms with Gasteiger partial charge in [-0.05, 0) is 43.5 Å². The zero-order valence-electron chi connectivity index (χ0n) is 16.0. The van der Waals surface area contributed by atoms with Gasteiger partial charge in [-0.1, -0.05) is 42.5 Å². The van der Waals surface area contributed by atoms with E-state index in [4.69, 9.17) is 0 Å². The summed E-state index contributed by atoms with van der Waals surface area (Å²) in [6.07, 6.45) is 1.04. The molecular weight excluding hydrogens is 370 g/mol. The molecule has 2 aromatic carbocycles. The van der Waals surface area contributed by atoms with Gasteiger partial charge in [0.15, 0.2) is 5.13 Å². The number of rotatable bonds is 7. The highest BCUT2D eigenvalue weighted by Crippen LogP contribution is 2.21. The summed E-state index contributed by atoms with van der Waals surface area (Å²) in [4.78, 5) is 31.0. The van der Waals surface area contributed by atoms with Crippen LogP contribution < -0.4 is 10.2 Å². The summed E-state index contributed by atoms with van der Waals surface area (Å²) < 4.78 is 0. The van der Waals surface area contributed by atoms with Crippen molar-refractivity contribution in [2.45, 2.75) is 26.7 Å². The molecule has 0 unspecified atom stereocenters. The van der Waals surface area contributed by atoms with E-state index in [1.807, 2.05) is 68.4 Å². The first-order valence-corrected chi connectivity index (χ1v) is 10.1. The quantitative estimate of drug-likeness (QED) is 0.633. The first kappa shape index (κ1) is 19.8. The molecular formula is C22H23N3O2S. The van der Waals surface area contributed by atoms with Crippen molar-refractivity contribution < 1.29 is 9.59 Å². The number of carbonyl (C=O) groups excluding carboxylic acids is 2. The molecule has 0 aliphatic heterocycles. The number of thiazole rings is 1. The molecule has 0 spiro atoms. The van der Waals surface area contributed by atoms with Crippen LogP contribution in [0.4, 0.5) is 10.8 Å². The second kappa shape index (κ2) is 9.28. The van der Waals surface area contributed by atoms with Crippen molar-refractivity contribution in [3.8, 4) is 0 Å². The maximum atomic E-state index is 12.9. The van der Waals surface area contributed by atoms with Crippen LogP contribution in [0, 0.1) is 6.92 Å². The Morgan fingerprint density at radius 1 is 1.11 bits per heavy atom. The number of nitrogens with zero attached hydrogens (tertiary/aromatic N) is 2. The normalized spacial score (nSPS) is 10.5. The van der Waals surface area contributed by atoms with Crippen LogP contribution in [0.15, 0.2) is 60.0 Å². The van der Waals surface area contributed by atoms with Gasteiger partial charge in [0.25, 0.3) is 5.91 Å². The third kappa shape index (κ3) is 5.04. The van der Waals surface area contributed by atoms with E-state index in [0.29, 0.717) is 30.2 Å². The van der Waals surface area contributed by atoms with Gasteiger partial charge in [0.05, 0.1) is 0 Å². The summed E-state index contributed by atoms with van der Waals surface area (Å²) in [6, 6.07) is 17.7. The molecule has 5 nitrogen and oxygen atoms in total. The standard InChI is InChI=1S/C22H23N3O2S/c1-3-25(18-11-7-8-16(2)14-18)21(27)19-15-28-22(23-19)24-20(26)13-12-17-9-5-4-6-10-17/h4-11,14-15H,3,12-13H2,1-2H3,(H,23,24,26). The molecule has 0 radical (unpaired) electrons. The molecule has 0 saturated carbocycles. The van der Waals surface area contributed by atoms with Crippen LogP contribution in [0.5, 0.6) is 0 Å². The van der Waals surface area contributed by atoms with Gasteiger partial charge in [-0.25, -0.2) is 4.98 Å². The van der Waals surface area contributed by atoms with Gasteiger partial charge in [0, 0.05) is 24.0 Å². The molecule has 144 valence electrons. The number of aryl methyl sites for hydroxylation is 2. The monoisotopic (exact) mass is 393 g/mol. The predicted octanol–water partition coefficient (Wildman–Crippen LogP) is 4.69. The fourth-order valence-corrected chi connectivity index (χ4v) is 3.59. The van der Waals surface area contributed by atoms with Crippen LogP contribution in [-0.4, -0.2) is 23.3 Å². The second-order valence-corrected chi connectivity index (χ2v) is 7.32. The van der Waals surface area contributed by atoms with Crippen LogP contribution in [0.1, 0.15) is 35.0 Å². The van der Waals surface area contributed by atoms with Gasteiger partial charge in [-0.3, -0.25) is 9.59 Å². The second-order valence-electron chi connectivity index (χ2n) is 6.46. The van der Waals surface area contributed by atoms with Gasteiger partial charge in [-0.15, -0.1) is 11.3 Å². The minimum absolute atomic E-state index is 0.108. The van der Waals surface area contributed by atoms with Crippen LogP contribution in [-0.2, 0) is 11.2 Å². The lowest BCUT2D eigenvalue weighted by atomic mass is 10.1. The molecule has 0 aliphatic carbocycles. The Bertz CT molecular complexity index is 953. The molecule has 0 bridgehead atoms. The maximum absolute atomic E-state index is 12.9. The minimum Gasteiger partial charge on any atom is -0.307 e. The van der Waals surface area contributed by atoms with Crippen molar-refractivity contribution in [2.24, 2.45) is 0 Å². The molecule has 1 heterocycles. The highest BCUT2D eigenvalue weighted by molar-refractivity contribution is 7.14. The Morgan fingerprint density at radius 3 is 2.61 bits per heavy atom. The number of benzene rings is 2. The Kier molecular flexibility index (Phi) is 6.55. The Morgan fingerprint density at radius 2 is 1.89 bits per heavy atom. The molecule has 1 aromatic heterocycles. The van der Waals surface area contributed by atoms with E-state index >= 15 is 0 Å². The number of amides is 2. The molecule has 1 N–H and O–H groups in total. The van der Waals surface area contributed by atoms with E-state index in [2.05, 4.69) is 10.3 Å². The van der Waals surface area contributed by atoms with E-state index in [1.54, 1.807) is 10.3 Å². The topological polar surface area (TPSA) is 62.3 Å². The van der Waals surface area contributed by atoms with Gasteiger partial charge in [-0.2, -0.15) is 0 Å². The molecule has 6 heteroatoms. The van der Waals surface area contributed by atoms with Crippen molar-refractivity contribution in [1.82, 2.24) is 4.98 Å². The molecule has 3 aromatic rings. The molecule has 0 fully saturated rings. The zero-order chi connectivity index (χ0) is 19.9. The minimum atomic E-state index is -0.172. The fourth-order valence-electron chi connectivity index (χ4n) is 2.89. The molecule has 2 amide bonds. The lowest BCUT2D eigenvalue weighted by Crippen LogP contribution is -2.31. The van der Waals surface area contributed by atoms with Crippen molar-refractivity contribution >= 4 is 34.0 Å². The number of hydrogen-bond donors (Lipinski definition) is 1. The highest BCUT2D eigenvalue weighted by atomic mass is 32.1.